The molecule has 0 aliphatic rings. The van der Waals surface area contributed by atoms with Crippen molar-refractivity contribution in [3.63, 3.8) is 0 Å². The molecule has 110 valence electrons. The van der Waals surface area contributed by atoms with Crippen molar-refractivity contribution in [3.05, 3.63) is 52.0 Å². The molecule has 4 nitrogen and oxygen atoms in total. The molecule has 0 heterocycles. The Balaban J connectivity index is 2.49. The summed E-state index contributed by atoms with van der Waals surface area (Å²) in [5.41, 5.74) is 6.12. The van der Waals surface area contributed by atoms with Crippen LogP contribution in [-0.4, -0.2) is 13.0 Å². The number of carbonyl (C=O) groups excluding carboxylic acids is 1. The highest BCUT2D eigenvalue weighted by molar-refractivity contribution is 9.10. The number of carbonyl (C=O) groups is 1. The SMILES string of the molecule is CNC(=O)c1ccc(N)cc1Oc1cc(Br)cc(F)c1F. The molecule has 7 heteroatoms. The van der Waals surface area contributed by atoms with Crippen LogP contribution in [0.15, 0.2) is 34.8 Å². The van der Waals surface area contributed by atoms with E-state index in [1.165, 1.54) is 31.3 Å². The molecule has 3 N–H and O–H groups in total. The van der Waals surface area contributed by atoms with E-state index in [0.29, 0.717) is 10.2 Å². The number of ether oxygens (including phenoxy) is 1. The molecule has 21 heavy (non-hydrogen) atoms. The fraction of sp³-hybridized carbons (Fsp3) is 0.0714. The number of rotatable bonds is 3. The van der Waals surface area contributed by atoms with Crippen molar-refractivity contribution < 1.29 is 18.3 Å². The van der Waals surface area contributed by atoms with E-state index in [-0.39, 0.29) is 17.1 Å². The lowest BCUT2D eigenvalue weighted by molar-refractivity contribution is 0.0960. The first-order valence-corrected chi connectivity index (χ1v) is 6.65. The highest BCUT2D eigenvalue weighted by Gasteiger charge is 2.17. The Morgan fingerprint density at radius 3 is 2.62 bits per heavy atom. The molecular formula is C14H11BrF2N2O2. The Labute approximate surface area is 128 Å². The van der Waals surface area contributed by atoms with Crippen LogP contribution in [0.25, 0.3) is 0 Å². The van der Waals surface area contributed by atoms with E-state index in [4.69, 9.17) is 10.5 Å². The molecule has 0 bridgehead atoms. The number of halogens is 3. The van der Waals surface area contributed by atoms with Crippen LogP contribution in [-0.2, 0) is 0 Å². The second-order valence-corrected chi connectivity index (χ2v) is 5.05. The first-order chi connectivity index (χ1) is 9.92. The van der Waals surface area contributed by atoms with Crippen LogP contribution in [0.4, 0.5) is 14.5 Å². The van der Waals surface area contributed by atoms with Gasteiger partial charge in [0.05, 0.1) is 5.56 Å². The normalized spacial score (nSPS) is 10.3. The fourth-order valence-corrected chi connectivity index (χ4v) is 2.08. The van der Waals surface area contributed by atoms with Crippen LogP contribution < -0.4 is 15.8 Å². The summed E-state index contributed by atoms with van der Waals surface area (Å²) in [4.78, 5) is 11.7. The minimum atomic E-state index is -1.15. The Morgan fingerprint density at radius 1 is 1.24 bits per heavy atom. The van der Waals surface area contributed by atoms with Gasteiger partial charge in [-0.2, -0.15) is 4.39 Å². The van der Waals surface area contributed by atoms with Gasteiger partial charge in [-0.05, 0) is 24.3 Å². The molecule has 0 aliphatic carbocycles. The van der Waals surface area contributed by atoms with E-state index in [1.54, 1.807) is 0 Å². The van der Waals surface area contributed by atoms with Gasteiger partial charge in [0.25, 0.3) is 5.91 Å². The number of nitrogens with two attached hydrogens (primary N) is 1. The fourth-order valence-electron chi connectivity index (χ4n) is 1.67. The number of nitrogens with one attached hydrogen (secondary N) is 1. The molecule has 0 unspecified atom stereocenters. The molecule has 2 rings (SSSR count). The lowest BCUT2D eigenvalue weighted by Crippen LogP contribution is -2.18. The summed E-state index contributed by atoms with van der Waals surface area (Å²) >= 11 is 3.05. The van der Waals surface area contributed by atoms with Crippen LogP contribution in [0.2, 0.25) is 0 Å². The summed E-state index contributed by atoms with van der Waals surface area (Å²) in [5.74, 6) is -2.96. The second kappa shape index (κ2) is 6.09. The zero-order valence-corrected chi connectivity index (χ0v) is 12.5. The average molecular weight is 357 g/mol. The van der Waals surface area contributed by atoms with Crippen molar-refractivity contribution >= 4 is 27.5 Å². The Bertz CT molecular complexity index is 708. The van der Waals surface area contributed by atoms with E-state index in [9.17, 15) is 13.6 Å². The van der Waals surface area contributed by atoms with Crippen molar-refractivity contribution in [2.45, 2.75) is 0 Å². The quantitative estimate of drug-likeness (QED) is 0.653. The molecule has 2 aromatic rings. The van der Waals surface area contributed by atoms with E-state index >= 15 is 0 Å². The van der Waals surface area contributed by atoms with Crippen molar-refractivity contribution in [3.8, 4) is 11.5 Å². The van der Waals surface area contributed by atoms with Gasteiger partial charge in [0.1, 0.15) is 5.75 Å². The number of hydrogen-bond acceptors (Lipinski definition) is 3. The first kappa shape index (κ1) is 15.2. The van der Waals surface area contributed by atoms with Gasteiger partial charge in [-0.15, -0.1) is 0 Å². The number of nitrogen functional groups attached to an aromatic ring is 1. The maximum absolute atomic E-state index is 13.7. The summed E-state index contributed by atoms with van der Waals surface area (Å²) in [6, 6.07) is 6.55. The molecule has 0 aliphatic heterocycles. The zero-order valence-electron chi connectivity index (χ0n) is 10.9. The summed E-state index contributed by atoms with van der Waals surface area (Å²) in [6.07, 6.45) is 0. The van der Waals surface area contributed by atoms with Gasteiger partial charge < -0.3 is 15.8 Å². The summed E-state index contributed by atoms with van der Waals surface area (Å²) in [6.45, 7) is 0. The third-order valence-electron chi connectivity index (χ3n) is 2.66. The molecule has 0 saturated heterocycles. The second-order valence-electron chi connectivity index (χ2n) is 4.14. The summed E-state index contributed by atoms with van der Waals surface area (Å²) in [5, 5.41) is 2.43. The third-order valence-corrected chi connectivity index (χ3v) is 3.11. The Kier molecular flexibility index (Phi) is 4.42. The topological polar surface area (TPSA) is 64.4 Å². The minimum Gasteiger partial charge on any atom is -0.453 e. The van der Waals surface area contributed by atoms with Crippen molar-refractivity contribution in [2.24, 2.45) is 0 Å². The summed E-state index contributed by atoms with van der Waals surface area (Å²) < 4.78 is 32.7. The van der Waals surface area contributed by atoms with Gasteiger partial charge >= 0.3 is 0 Å². The number of benzene rings is 2. The lowest BCUT2D eigenvalue weighted by Gasteiger charge is -2.12. The van der Waals surface area contributed by atoms with Gasteiger partial charge in [-0.1, -0.05) is 15.9 Å². The molecular weight excluding hydrogens is 346 g/mol. The minimum absolute atomic E-state index is 0.0331. The van der Waals surface area contributed by atoms with Crippen LogP contribution in [0, 0.1) is 11.6 Å². The van der Waals surface area contributed by atoms with Crippen molar-refractivity contribution in [1.29, 1.82) is 0 Å². The van der Waals surface area contributed by atoms with Crippen LogP contribution >= 0.6 is 15.9 Å². The number of hydrogen-bond donors (Lipinski definition) is 2. The van der Waals surface area contributed by atoms with Gasteiger partial charge in [0.2, 0.25) is 5.82 Å². The summed E-state index contributed by atoms with van der Waals surface area (Å²) in [7, 11) is 1.45. The first-order valence-electron chi connectivity index (χ1n) is 5.86. The highest BCUT2D eigenvalue weighted by Crippen LogP contribution is 2.32. The molecule has 0 fully saturated rings. The molecule has 1 amide bonds. The molecule has 2 aromatic carbocycles. The Morgan fingerprint density at radius 2 is 1.95 bits per heavy atom. The standard InChI is InChI=1S/C14H11BrF2N2O2/c1-19-14(20)9-3-2-8(18)6-11(9)21-12-5-7(15)4-10(16)13(12)17/h2-6H,18H2,1H3,(H,19,20). The highest BCUT2D eigenvalue weighted by atomic mass is 79.9. The monoisotopic (exact) mass is 356 g/mol. The lowest BCUT2D eigenvalue weighted by atomic mass is 10.1. The van der Waals surface area contributed by atoms with Crippen LogP contribution in [0.5, 0.6) is 11.5 Å². The molecule has 0 spiro atoms. The van der Waals surface area contributed by atoms with E-state index in [1.807, 2.05) is 0 Å². The zero-order chi connectivity index (χ0) is 15.6. The maximum Gasteiger partial charge on any atom is 0.254 e. The number of amides is 1. The average Bonchev–Trinajstić information content (AvgIpc) is 2.43. The van der Waals surface area contributed by atoms with E-state index in [2.05, 4.69) is 21.2 Å². The van der Waals surface area contributed by atoms with Crippen molar-refractivity contribution in [2.75, 3.05) is 12.8 Å². The number of anilines is 1. The molecule has 0 radical (unpaired) electrons. The third kappa shape index (κ3) is 3.30. The van der Waals surface area contributed by atoms with Gasteiger partial charge in [0.15, 0.2) is 11.6 Å². The van der Waals surface area contributed by atoms with Crippen molar-refractivity contribution in [1.82, 2.24) is 5.32 Å². The van der Waals surface area contributed by atoms with E-state index in [0.717, 1.165) is 6.07 Å². The van der Waals surface area contributed by atoms with Gasteiger partial charge in [0, 0.05) is 23.3 Å². The smallest absolute Gasteiger partial charge is 0.254 e. The maximum atomic E-state index is 13.7. The van der Waals surface area contributed by atoms with E-state index < -0.39 is 17.5 Å². The largest absolute Gasteiger partial charge is 0.453 e. The predicted molar refractivity (Wildman–Crippen MR) is 78.4 cm³/mol. The molecule has 0 saturated carbocycles. The van der Waals surface area contributed by atoms with Gasteiger partial charge in [-0.25, -0.2) is 4.39 Å². The molecule has 0 aromatic heterocycles. The predicted octanol–water partition coefficient (Wildman–Crippen LogP) is 3.46. The molecule has 0 atom stereocenters. The van der Waals surface area contributed by atoms with Gasteiger partial charge in [-0.3, -0.25) is 4.79 Å². The van der Waals surface area contributed by atoms with Crippen LogP contribution in [0.3, 0.4) is 0 Å². The van der Waals surface area contributed by atoms with Crippen LogP contribution in [0.1, 0.15) is 10.4 Å². The Hall–Kier alpha value is -2.15.